The van der Waals surface area contributed by atoms with E-state index in [0.29, 0.717) is 23.4 Å². The molecule has 0 fully saturated rings. The number of rotatable bonds is 3. The van der Waals surface area contributed by atoms with Crippen LogP contribution in [0.4, 0.5) is 0 Å². The van der Waals surface area contributed by atoms with Crippen LogP contribution in [-0.2, 0) is 9.59 Å². The lowest BCUT2D eigenvalue weighted by molar-refractivity contribution is -0.110. The average molecular weight is 400 g/mol. The van der Waals surface area contributed by atoms with Crippen molar-refractivity contribution in [1.29, 1.82) is 0 Å². The van der Waals surface area contributed by atoms with Gasteiger partial charge in [0, 0.05) is 16.5 Å². The van der Waals surface area contributed by atoms with E-state index in [9.17, 15) is 14.4 Å². The fourth-order valence-corrected chi connectivity index (χ4v) is 5.13. The number of carbonyl (C=O) groups excluding carboxylic acids is 3. The van der Waals surface area contributed by atoms with Gasteiger partial charge in [-0.2, -0.15) is 0 Å². The number of hydrogen-bond acceptors (Lipinski definition) is 3. The van der Waals surface area contributed by atoms with E-state index in [0.717, 1.165) is 43.4 Å². The second-order valence-corrected chi connectivity index (χ2v) is 7.91. The molecule has 5 aromatic rings. The molecule has 0 spiro atoms. The number of ketones is 1. The number of hydrogen-bond donors (Lipinski definition) is 0. The first-order valence-corrected chi connectivity index (χ1v) is 10.2. The minimum Gasteiger partial charge on any atom is -0.302 e. The van der Waals surface area contributed by atoms with Crippen molar-refractivity contribution in [1.82, 2.24) is 0 Å². The van der Waals surface area contributed by atoms with Crippen molar-refractivity contribution in [3.63, 3.8) is 0 Å². The molecule has 1 aliphatic carbocycles. The summed E-state index contributed by atoms with van der Waals surface area (Å²) in [4.78, 5) is 37.8. The quantitative estimate of drug-likeness (QED) is 0.187. The molecule has 0 saturated heterocycles. The van der Waals surface area contributed by atoms with E-state index in [1.54, 1.807) is 0 Å². The molecule has 5 aromatic carbocycles. The molecule has 31 heavy (non-hydrogen) atoms. The fraction of sp³-hybridized carbons (Fsp3) is 0.0357. The van der Waals surface area contributed by atoms with Crippen molar-refractivity contribution in [3.05, 3.63) is 89.6 Å². The van der Waals surface area contributed by atoms with Crippen LogP contribution >= 0.6 is 0 Å². The number of Topliss-reactive ketones (excluding diaryl/α,β-unsaturated/α-hetero) is 1. The topological polar surface area (TPSA) is 51.2 Å². The summed E-state index contributed by atoms with van der Waals surface area (Å²) in [7, 11) is 0. The van der Waals surface area contributed by atoms with Crippen molar-refractivity contribution < 1.29 is 14.4 Å². The number of fused-ring (bicyclic) bond motifs is 2. The highest BCUT2D eigenvalue weighted by molar-refractivity contribution is 6.36. The van der Waals surface area contributed by atoms with Gasteiger partial charge in [0.15, 0.2) is 5.78 Å². The summed E-state index contributed by atoms with van der Waals surface area (Å²) in [5.74, 6) is -1.41. The third-order valence-corrected chi connectivity index (χ3v) is 6.42. The predicted octanol–water partition coefficient (Wildman–Crippen LogP) is 4.89. The lowest BCUT2D eigenvalue weighted by atomic mass is 9.77. The first kappa shape index (κ1) is 17.7. The standard InChI is InChI=1S/C28H16O3/c29-14-22-23(15-30)28(31)27-21-11-5-9-17-8-4-10-19(24(17)21)20-13-12-18(25(22)26(20)27)16-6-2-1-3-7-16/h1-15,23H. The van der Waals surface area contributed by atoms with Crippen molar-refractivity contribution >= 4 is 56.2 Å². The highest BCUT2D eigenvalue weighted by Crippen LogP contribution is 2.40. The van der Waals surface area contributed by atoms with Gasteiger partial charge in [0.2, 0.25) is 0 Å². The van der Waals surface area contributed by atoms with Crippen LogP contribution in [0, 0.1) is 5.92 Å². The van der Waals surface area contributed by atoms with E-state index in [2.05, 4.69) is 6.07 Å². The zero-order chi connectivity index (χ0) is 21.1. The van der Waals surface area contributed by atoms with Gasteiger partial charge < -0.3 is 4.79 Å². The number of benzene rings is 5. The smallest absolute Gasteiger partial charge is 0.178 e. The largest absolute Gasteiger partial charge is 0.302 e. The molecule has 0 bridgehead atoms. The van der Waals surface area contributed by atoms with Gasteiger partial charge in [-0.05, 0) is 43.3 Å². The second-order valence-electron chi connectivity index (χ2n) is 7.91. The Hall–Kier alpha value is -4.11. The third kappa shape index (κ3) is 2.26. The number of carbonyl (C=O) groups is 3. The Morgan fingerprint density at radius 2 is 1.39 bits per heavy atom. The fourth-order valence-electron chi connectivity index (χ4n) is 5.13. The van der Waals surface area contributed by atoms with Crippen molar-refractivity contribution in [2.24, 2.45) is 5.92 Å². The Bertz CT molecular complexity index is 1620. The molecule has 6 rings (SSSR count). The molecular formula is C28H16O3. The molecule has 0 radical (unpaired) electrons. The van der Waals surface area contributed by atoms with Gasteiger partial charge in [0.25, 0.3) is 0 Å². The van der Waals surface area contributed by atoms with E-state index >= 15 is 0 Å². The maximum Gasteiger partial charge on any atom is 0.178 e. The Morgan fingerprint density at radius 1 is 0.677 bits per heavy atom. The second kappa shape index (κ2) is 6.44. The molecule has 3 nitrogen and oxygen atoms in total. The van der Waals surface area contributed by atoms with Gasteiger partial charge in [0.05, 0.1) is 0 Å². The molecular weight excluding hydrogens is 384 g/mol. The van der Waals surface area contributed by atoms with Gasteiger partial charge in [-0.3, -0.25) is 9.59 Å². The molecule has 0 amide bonds. The summed E-state index contributed by atoms with van der Waals surface area (Å²) < 4.78 is 0. The van der Waals surface area contributed by atoms with E-state index in [1.807, 2.05) is 72.8 Å². The van der Waals surface area contributed by atoms with Crippen LogP contribution in [0.1, 0.15) is 10.4 Å². The maximum atomic E-state index is 13.6. The molecule has 0 saturated carbocycles. The molecule has 3 heteroatoms. The summed E-state index contributed by atoms with van der Waals surface area (Å²) in [6.07, 6.45) is 1.28. The van der Waals surface area contributed by atoms with Crippen molar-refractivity contribution in [3.8, 4) is 11.1 Å². The highest BCUT2D eigenvalue weighted by Gasteiger charge is 2.33. The molecule has 0 aliphatic heterocycles. The Morgan fingerprint density at radius 3 is 2.10 bits per heavy atom. The monoisotopic (exact) mass is 400 g/mol. The highest BCUT2D eigenvalue weighted by atomic mass is 16.1. The predicted molar refractivity (Wildman–Crippen MR) is 123 cm³/mol. The maximum absolute atomic E-state index is 13.6. The van der Waals surface area contributed by atoms with E-state index < -0.39 is 5.92 Å². The van der Waals surface area contributed by atoms with Gasteiger partial charge >= 0.3 is 0 Å². The summed E-state index contributed by atoms with van der Waals surface area (Å²) >= 11 is 0. The molecule has 0 heterocycles. The van der Waals surface area contributed by atoms with Crippen LogP contribution in [0.3, 0.4) is 0 Å². The van der Waals surface area contributed by atoms with E-state index in [1.165, 1.54) is 0 Å². The molecule has 1 atom stereocenters. The van der Waals surface area contributed by atoms with Crippen LogP contribution in [0.25, 0.3) is 49.0 Å². The van der Waals surface area contributed by atoms with Gasteiger partial charge in [-0.15, -0.1) is 0 Å². The zero-order valence-electron chi connectivity index (χ0n) is 16.5. The first-order valence-electron chi connectivity index (χ1n) is 10.2. The lowest BCUT2D eigenvalue weighted by Gasteiger charge is -2.24. The minimum atomic E-state index is -1.10. The van der Waals surface area contributed by atoms with Crippen molar-refractivity contribution in [2.45, 2.75) is 0 Å². The Labute approximate surface area is 177 Å². The molecule has 1 unspecified atom stereocenters. The normalized spacial score (nSPS) is 15.7. The van der Waals surface area contributed by atoms with E-state index in [4.69, 9.17) is 0 Å². The number of aldehydes is 2. The zero-order valence-corrected chi connectivity index (χ0v) is 16.5. The van der Waals surface area contributed by atoms with Crippen LogP contribution in [0.5, 0.6) is 0 Å². The molecule has 0 N–H and O–H groups in total. The van der Waals surface area contributed by atoms with Gasteiger partial charge in [0.1, 0.15) is 18.5 Å². The summed E-state index contributed by atoms with van der Waals surface area (Å²) in [5, 5.41) is 6.30. The molecule has 0 aromatic heterocycles. The van der Waals surface area contributed by atoms with Gasteiger partial charge in [-0.25, -0.2) is 0 Å². The third-order valence-electron chi connectivity index (χ3n) is 6.42. The van der Waals surface area contributed by atoms with Crippen LogP contribution in [-0.4, -0.2) is 18.4 Å². The minimum absolute atomic E-state index is 0.242. The van der Waals surface area contributed by atoms with Crippen LogP contribution in [0.2, 0.25) is 0 Å². The van der Waals surface area contributed by atoms with Crippen LogP contribution < -0.4 is 5.22 Å². The SMILES string of the molecule is O=CC1=c2c(-c3ccccc3)ccc3c2c(c2cccc4cccc3c42)C(=O)C1C=O. The van der Waals surface area contributed by atoms with E-state index in [-0.39, 0.29) is 11.4 Å². The summed E-state index contributed by atoms with van der Waals surface area (Å²) in [6.45, 7) is 0. The van der Waals surface area contributed by atoms with Crippen LogP contribution in [0.15, 0.2) is 78.9 Å². The molecule has 1 aliphatic rings. The molecule has 146 valence electrons. The summed E-state index contributed by atoms with van der Waals surface area (Å²) in [5.41, 5.74) is 2.57. The Kier molecular flexibility index (Phi) is 3.68. The average Bonchev–Trinajstić information content (AvgIpc) is 2.82. The van der Waals surface area contributed by atoms with Crippen molar-refractivity contribution in [2.75, 3.05) is 0 Å². The van der Waals surface area contributed by atoms with Gasteiger partial charge in [-0.1, -0.05) is 78.9 Å². The summed E-state index contributed by atoms with van der Waals surface area (Å²) in [6, 6.07) is 25.8. The lowest BCUT2D eigenvalue weighted by Crippen LogP contribution is -2.31. The Balaban J connectivity index is 1.98. The first-order chi connectivity index (χ1) is 15.2.